The van der Waals surface area contributed by atoms with Crippen LogP contribution >= 0.6 is 11.6 Å². The topological polar surface area (TPSA) is 110 Å². The highest BCUT2D eigenvalue weighted by atomic mass is 35.5. The molecule has 4 heterocycles. The summed E-state index contributed by atoms with van der Waals surface area (Å²) in [5.74, 6) is -0.503. The number of pyridine rings is 2. The molecule has 0 aliphatic carbocycles. The number of aromatic amines is 1. The molecule has 0 bridgehead atoms. The molecule has 6 aromatic rings. The molecule has 2 aromatic carbocycles. The summed E-state index contributed by atoms with van der Waals surface area (Å²) < 4.78 is 27.4. The Labute approximate surface area is 359 Å². The molecule has 12 heteroatoms. The first kappa shape index (κ1) is 49.0. The van der Waals surface area contributed by atoms with Crippen LogP contribution in [0.3, 0.4) is 0 Å². The summed E-state index contributed by atoms with van der Waals surface area (Å²) in [5, 5.41) is 11.6. The van der Waals surface area contributed by atoms with E-state index < -0.39 is 5.41 Å². The van der Waals surface area contributed by atoms with Crippen molar-refractivity contribution >= 4 is 22.8 Å². The van der Waals surface area contributed by atoms with Crippen molar-refractivity contribution in [3.63, 3.8) is 0 Å². The van der Waals surface area contributed by atoms with Gasteiger partial charge in [-0.15, -0.1) is 0 Å². The largest absolute Gasteiger partial charge is 0.304 e. The standard InChI is InChI=1S/C21H22FN3O.C16H14FN3.C6H15N.C5H9ClO/c1-21(2,3)20(26)25-18(11-8-15-6-9-17(22)10-7-15)13-19(24-25)16-5-4-12-23-14-16;17-14-6-3-12(4-7-14)5-8-15-10-16(20-19-15)13-2-1-9-18-11-13;1-4-7(5-2)6-3;1-5(2,3)4(6)7/h4-7,9-10,12-14H,8,11H2,1-3H3;1-4,6-7,9-11H,5,8H2,(H,19,20);4-6H2,1-3H3;1-3H3. The third kappa shape index (κ3) is 16.7. The number of halogens is 3. The highest BCUT2D eigenvalue weighted by molar-refractivity contribution is 6.64. The lowest BCUT2D eigenvalue weighted by atomic mass is 9.95. The quantitative estimate of drug-likeness (QED) is 0.129. The Morgan fingerprint density at radius 3 is 1.53 bits per heavy atom. The van der Waals surface area contributed by atoms with Crippen LogP contribution in [-0.2, 0) is 30.5 Å². The molecule has 1 N–H and O–H groups in total. The molecule has 0 aliphatic heterocycles. The van der Waals surface area contributed by atoms with Crippen molar-refractivity contribution in [3.8, 4) is 22.5 Å². The number of H-pyrrole nitrogens is 1. The molecule has 0 radical (unpaired) electrons. The van der Waals surface area contributed by atoms with Gasteiger partial charge in [-0.25, -0.2) is 13.5 Å². The first-order chi connectivity index (χ1) is 28.4. The summed E-state index contributed by atoms with van der Waals surface area (Å²) in [6.45, 7) is 21.1. The zero-order chi connectivity index (χ0) is 44.3. The fourth-order valence-corrected chi connectivity index (χ4v) is 5.42. The molecule has 0 amide bonds. The van der Waals surface area contributed by atoms with Gasteiger partial charge in [0.25, 0.3) is 5.91 Å². The molecule has 320 valence electrons. The van der Waals surface area contributed by atoms with E-state index in [2.05, 4.69) is 50.9 Å². The Hall–Kier alpha value is -5.39. The van der Waals surface area contributed by atoms with Crippen molar-refractivity contribution in [2.45, 2.75) is 88.0 Å². The number of carbonyl (C=O) groups excluding carboxylic acids is 2. The minimum absolute atomic E-state index is 0.0539. The molecule has 9 nitrogen and oxygen atoms in total. The van der Waals surface area contributed by atoms with E-state index >= 15 is 0 Å². The van der Waals surface area contributed by atoms with Crippen molar-refractivity contribution in [3.05, 3.63) is 144 Å². The monoisotopic (exact) mass is 839 g/mol. The number of aromatic nitrogens is 6. The third-order valence-electron chi connectivity index (χ3n) is 9.27. The minimum Gasteiger partial charge on any atom is -0.304 e. The number of nitrogens with zero attached hydrogens (tertiary/aromatic N) is 6. The van der Waals surface area contributed by atoms with Gasteiger partial charge in [-0.05, 0) is 129 Å². The first-order valence-corrected chi connectivity index (χ1v) is 20.7. The van der Waals surface area contributed by atoms with Gasteiger partial charge in [-0.1, -0.05) is 86.6 Å². The van der Waals surface area contributed by atoms with Gasteiger partial charge in [0.05, 0.1) is 11.4 Å². The predicted octanol–water partition coefficient (Wildman–Crippen LogP) is 11.1. The van der Waals surface area contributed by atoms with Crippen LogP contribution in [0.2, 0.25) is 0 Å². The number of benzene rings is 2. The van der Waals surface area contributed by atoms with Gasteiger partial charge in [-0.2, -0.15) is 10.2 Å². The molecule has 4 aromatic heterocycles. The van der Waals surface area contributed by atoms with Gasteiger partial charge in [0, 0.05) is 58.1 Å². The Kier molecular flexibility index (Phi) is 19.6. The molecule has 60 heavy (non-hydrogen) atoms. The normalized spacial score (nSPS) is 11.1. The van der Waals surface area contributed by atoms with Crippen LogP contribution in [0.15, 0.2) is 110 Å². The van der Waals surface area contributed by atoms with Gasteiger partial charge >= 0.3 is 0 Å². The Morgan fingerprint density at radius 2 is 1.13 bits per heavy atom. The lowest BCUT2D eigenvalue weighted by Crippen LogP contribution is -2.29. The Balaban J connectivity index is 0.000000248. The molecule has 0 atom stereocenters. The fourth-order valence-electron chi connectivity index (χ4n) is 5.42. The summed E-state index contributed by atoms with van der Waals surface area (Å²) >= 11 is 5.11. The van der Waals surface area contributed by atoms with Gasteiger partial charge in [0.15, 0.2) is 0 Å². The van der Waals surface area contributed by atoms with E-state index in [1.165, 1.54) is 48.6 Å². The molecule has 0 aliphatic rings. The van der Waals surface area contributed by atoms with Crippen LogP contribution in [0.1, 0.15) is 89.6 Å². The van der Waals surface area contributed by atoms with E-state index in [-0.39, 0.29) is 28.2 Å². The van der Waals surface area contributed by atoms with Crippen LogP contribution in [0, 0.1) is 22.5 Å². The average molecular weight is 841 g/mol. The van der Waals surface area contributed by atoms with Crippen molar-refractivity contribution in [2.24, 2.45) is 10.8 Å². The fraction of sp³-hybridized carbons (Fsp3) is 0.375. The maximum atomic E-state index is 13.1. The molecule has 0 saturated carbocycles. The van der Waals surface area contributed by atoms with Crippen LogP contribution in [0.5, 0.6) is 0 Å². The molecule has 0 saturated heterocycles. The summed E-state index contributed by atoms with van der Waals surface area (Å²) in [4.78, 5) is 33.6. The zero-order valence-corrected chi connectivity index (χ0v) is 37.2. The van der Waals surface area contributed by atoms with Crippen molar-refractivity contribution < 1.29 is 18.4 Å². The van der Waals surface area contributed by atoms with E-state index in [9.17, 15) is 18.4 Å². The number of carbonyl (C=O) groups is 2. The summed E-state index contributed by atoms with van der Waals surface area (Å²) in [7, 11) is 0. The van der Waals surface area contributed by atoms with E-state index in [0.29, 0.717) is 12.8 Å². The number of hydrogen-bond donors (Lipinski definition) is 1. The summed E-state index contributed by atoms with van der Waals surface area (Å²) in [6, 6.07) is 24.6. The van der Waals surface area contributed by atoms with Crippen LogP contribution in [0.4, 0.5) is 8.78 Å². The minimum atomic E-state index is -0.539. The number of rotatable bonds is 11. The van der Waals surface area contributed by atoms with Gasteiger partial charge in [0.2, 0.25) is 5.24 Å². The van der Waals surface area contributed by atoms with Crippen molar-refractivity contribution in [1.29, 1.82) is 0 Å². The highest BCUT2D eigenvalue weighted by Gasteiger charge is 2.27. The Morgan fingerprint density at radius 1 is 0.667 bits per heavy atom. The second-order valence-electron chi connectivity index (χ2n) is 16.1. The molecular formula is C48H60ClF2N7O2. The van der Waals surface area contributed by atoms with Crippen LogP contribution in [0.25, 0.3) is 22.5 Å². The van der Waals surface area contributed by atoms with E-state index in [1.54, 1.807) is 57.7 Å². The summed E-state index contributed by atoms with van der Waals surface area (Å²) in [5.41, 5.74) is 6.62. The second-order valence-corrected chi connectivity index (χ2v) is 16.5. The van der Waals surface area contributed by atoms with Crippen molar-refractivity contribution in [1.82, 2.24) is 34.8 Å². The van der Waals surface area contributed by atoms with Crippen molar-refractivity contribution in [2.75, 3.05) is 19.6 Å². The van der Waals surface area contributed by atoms with Crippen LogP contribution in [-0.4, -0.2) is 65.6 Å². The van der Waals surface area contributed by atoms with E-state index in [1.807, 2.05) is 69.3 Å². The van der Waals surface area contributed by atoms with E-state index in [4.69, 9.17) is 11.6 Å². The van der Waals surface area contributed by atoms with Gasteiger partial charge in [-0.3, -0.25) is 24.7 Å². The highest BCUT2D eigenvalue weighted by Crippen LogP contribution is 2.24. The van der Waals surface area contributed by atoms with E-state index in [0.717, 1.165) is 57.9 Å². The zero-order valence-electron chi connectivity index (χ0n) is 36.5. The number of aryl methyl sites for hydroxylation is 4. The van der Waals surface area contributed by atoms with Gasteiger partial charge in [0.1, 0.15) is 11.6 Å². The maximum Gasteiger partial charge on any atom is 0.252 e. The number of hydrogen-bond acceptors (Lipinski definition) is 7. The van der Waals surface area contributed by atoms with Gasteiger partial charge < -0.3 is 4.90 Å². The summed E-state index contributed by atoms with van der Waals surface area (Å²) in [6.07, 6.45) is 10.0. The predicted molar refractivity (Wildman–Crippen MR) is 239 cm³/mol. The molecule has 0 unspecified atom stereocenters. The maximum absolute atomic E-state index is 13.1. The average Bonchev–Trinajstić information content (AvgIpc) is 3.89. The number of nitrogens with one attached hydrogen (secondary N) is 1. The third-order valence-corrected chi connectivity index (χ3v) is 9.84. The second kappa shape index (κ2) is 24.0. The lowest BCUT2D eigenvalue weighted by molar-refractivity contribution is -0.118. The Bertz CT molecular complexity index is 2150. The molecule has 0 spiro atoms. The first-order valence-electron chi connectivity index (χ1n) is 20.3. The van der Waals surface area contributed by atoms with Crippen LogP contribution < -0.4 is 0 Å². The SMILES string of the molecule is CC(C)(C)C(=O)Cl.CC(C)(C)C(=O)n1nc(-c2cccnc2)cc1CCc1ccc(F)cc1.CCN(CC)CC.Fc1ccc(CCc2cc(-c3cccnc3)n[nH]2)cc1. The lowest BCUT2D eigenvalue weighted by Gasteiger charge is -2.17. The molecular weight excluding hydrogens is 780 g/mol. The smallest absolute Gasteiger partial charge is 0.252 e. The molecule has 6 rings (SSSR count). The molecule has 0 fully saturated rings.